The molecule has 0 atom stereocenters. The number of hydrogen-bond acceptors (Lipinski definition) is 4. The molecule has 5 heteroatoms. The van der Waals surface area contributed by atoms with Gasteiger partial charge in [-0.25, -0.2) is 0 Å². The highest BCUT2D eigenvalue weighted by Gasteiger charge is 2.39. The molecule has 0 spiro atoms. The SMILES string of the molecule is NCC1(C(=O)c2cscc2Br)CCOCC1. The van der Waals surface area contributed by atoms with Gasteiger partial charge in [0.25, 0.3) is 0 Å². The predicted molar refractivity (Wildman–Crippen MR) is 67.9 cm³/mol. The molecule has 3 nitrogen and oxygen atoms in total. The van der Waals surface area contributed by atoms with Gasteiger partial charge < -0.3 is 10.5 Å². The predicted octanol–water partition coefficient (Wildman–Crippen LogP) is 2.45. The summed E-state index contributed by atoms with van der Waals surface area (Å²) in [4.78, 5) is 12.5. The summed E-state index contributed by atoms with van der Waals surface area (Å²) in [5.74, 6) is 0.159. The first-order valence-corrected chi connectivity index (χ1v) is 6.97. The van der Waals surface area contributed by atoms with Crippen LogP contribution in [0.3, 0.4) is 0 Å². The second-order valence-corrected chi connectivity index (χ2v) is 5.66. The van der Waals surface area contributed by atoms with Gasteiger partial charge in [0.1, 0.15) is 0 Å². The number of ketones is 1. The summed E-state index contributed by atoms with van der Waals surface area (Å²) in [5.41, 5.74) is 6.15. The number of rotatable bonds is 3. The Morgan fingerprint density at radius 2 is 2.19 bits per heavy atom. The largest absolute Gasteiger partial charge is 0.381 e. The fourth-order valence-electron chi connectivity index (χ4n) is 2.02. The van der Waals surface area contributed by atoms with Crippen LogP contribution in [0.1, 0.15) is 23.2 Å². The Labute approximate surface area is 107 Å². The quantitative estimate of drug-likeness (QED) is 0.873. The lowest BCUT2D eigenvalue weighted by Crippen LogP contribution is -2.43. The van der Waals surface area contributed by atoms with Crippen molar-refractivity contribution in [1.82, 2.24) is 0 Å². The lowest BCUT2D eigenvalue weighted by molar-refractivity contribution is 0.0200. The molecule has 1 aromatic heterocycles. The Morgan fingerprint density at radius 3 is 2.69 bits per heavy atom. The van der Waals surface area contributed by atoms with Crippen LogP contribution in [-0.2, 0) is 4.74 Å². The lowest BCUT2D eigenvalue weighted by atomic mass is 9.75. The van der Waals surface area contributed by atoms with Gasteiger partial charge >= 0.3 is 0 Å². The Morgan fingerprint density at radius 1 is 1.50 bits per heavy atom. The van der Waals surface area contributed by atoms with Gasteiger partial charge in [-0.3, -0.25) is 4.79 Å². The van der Waals surface area contributed by atoms with Crippen LogP contribution < -0.4 is 5.73 Å². The molecule has 0 aromatic carbocycles. The van der Waals surface area contributed by atoms with E-state index in [2.05, 4.69) is 15.9 Å². The van der Waals surface area contributed by atoms with Gasteiger partial charge in [0.2, 0.25) is 0 Å². The van der Waals surface area contributed by atoms with E-state index in [4.69, 9.17) is 10.5 Å². The average molecular weight is 304 g/mol. The number of carbonyl (C=O) groups excluding carboxylic acids is 1. The number of nitrogens with two attached hydrogens (primary N) is 1. The zero-order chi connectivity index (χ0) is 11.6. The van der Waals surface area contributed by atoms with Crippen LogP contribution in [0.15, 0.2) is 15.2 Å². The van der Waals surface area contributed by atoms with Crippen LogP contribution in [0.5, 0.6) is 0 Å². The molecule has 1 fully saturated rings. The molecule has 2 N–H and O–H groups in total. The summed E-state index contributed by atoms with van der Waals surface area (Å²) in [6, 6.07) is 0. The normalized spacial score (nSPS) is 19.6. The van der Waals surface area contributed by atoms with E-state index < -0.39 is 5.41 Å². The van der Waals surface area contributed by atoms with Crippen LogP contribution in [-0.4, -0.2) is 25.5 Å². The van der Waals surface area contributed by atoms with Crippen LogP contribution in [0.25, 0.3) is 0 Å². The van der Waals surface area contributed by atoms with Gasteiger partial charge in [-0.1, -0.05) is 0 Å². The highest BCUT2D eigenvalue weighted by Crippen LogP contribution is 2.36. The van der Waals surface area contributed by atoms with E-state index in [1.165, 1.54) is 11.3 Å². The number of Topliss-reactive ketones (excluding diaryl/α,β-unsaturated/α-hetero) is 1. The van der Waals surface area contributed by atoms with Crippen molar-refractivity contribution in [3.05, 3.63) is 20.8 Å². The van der Waals surface area contributed by atoms with Crippen molar-refractivity contribution >= 4 is 33.0 Å². The number of ether oxygens (including phenoxy) is 1. The van der Waals surface area contributed by atoms with Gasteiger partial charge in [0, 0.05) is 40.6 Å². The zero-order valence-corrected chi connectivity index (χ0v) is 11.3. The number of thiophene rings is 1. The van der Waals surface area contributed by atoms with Crippen molar-refractivity contribution in [3.8, 4) is 0 Å². The molecule has 2 rings (SSSR count). The van der Waals surface area contributed by atoms with Crippen LogP contribution >= 0.6 is 27.3 Å². The lowest BCUT2D eigenvalue weighted by Gasteiger charge is -2.34. The minimum atomic E-state index is -0.415. The van der Waals surface area contributed by atoms with Gasteiger partial charge in [-0.05, 0) is 28.8 Å². The maximum atomic E-state index is 12.5. The van der Waals surface area contributed by atoms with Crippen molar-refractivity contribution in [2.24, 2.45) is 11.1 Å². The molecule has 0 aliphatic carbocycles. The smallest absolute Gasteiger partial charge is 0.172 e. The van der Waals surface area contributed by atoms with Crippen LogP contribution in [0.2, 0.25) is 0 Å². The summed E-state index contributed by atoms with van der Waals surface area (Å²) in [7, 11) is 0. The summed E-state index contributed by atoms with van der Waals surface area (Å²) in [6.07, 6.45) is 1.45. The van der Waals surface area contributed by atoms with E-state index in [0.29, 0.717) is 19.8 Å². The van der Waals surface area contributed by atoms with Crippen molar-refractivity contribution in [2.75, 3.05) is 19.8 Å². The first-order valence-electron chi connectivity index (χ1n) is 5.24. The standard InChI is InChI=1S/C11H14BrNO2S/c12-9-6-16-5-8(9)10(14)11(7-13)1-3-15-4-2-11/h5-6H,1-4,7,13H2. The van der Waals surface area contributed by atoms with E-state index in [9.17, 15) is 4.79 Å². The summed E-state index contributed by atoms with van der Waals surface area (Å²) >= 11 is 4.93. The Balaban J connectivity index is 2.28. The zero-order valence-electron chi connectivity index (χ0n) is 8.87. The minimum Gasteiger partial charge on any atom is -0.381 e. The van der Waals surface area contributed by atoms with Crippen molar-refractivity contribution < 1.29 is 9.53 Å². The van der Waals surface area contributed by atoms with Crippen molar-refractivity contribution in [2.45, 2.75) is 12.8 Å². The molecular formula is C11H14BrNO2S. The maximum Gasteiger partial charge on any atom is 0.172 e. The molecule has 0 saturated carbocycles. The van der Waals surface area contributed by atoms with Crippen molar-refractivity contribution in [1.29, 1.82) is 0 Å². The molecule has 88 valence electrons. The maximum absolute atomic E-state index is 12.5. The van der Waals surface area contributed by atoms with Gasteiger partial charge in [-0.15, -0.1) is 0 Å². The first kappa shape index (κ1) is 12.2. The Bertz CT molecular complexity index is 385. The molecular weight excluding hydrogens is 290 g/mol. The third-order valence-corrected chi connectivity index (χ3v) is 4.88. The summed E-state index contributed by atoms with van der Waals surface area (Å²) in [6.45, 7) is 1.66. The number of carbonyl (C=O) groups is 1. The van der Waals surface area contributed by atoms with Gasteiger partial charge in [0.15, 0.2) is 5.78 Å². The molecule has 0 unspecified atom stereocenters. The van der Waals surface area contributed by atoms with E-state index in [1.54, 1.807) is 0 Å². The molecule has 1 aliphatic rings. The molecule has 0 radical (unpaired) electrons. The highest BCUT2D eigenvalue weighted by molar-refractivity contribution is 9.10. The molecule has 1 aromatic rings. The van der Waals surface area contributed by atoms with E-state index in [-0.39, 0.29) is 5.78 Å². The highest BCUT2D eigenvalue weighted by atomic mass is 79.9. The first-order chi connectivity index (χ1) is 7.69. The monoisotopic (exact) mass is 303 g/mol. The van der Waals surface area contributed by atoms with Crippen molar-refractivity contribution in [3.63, 3.8) is 0 Å². The number of halogens is 1. The fourth-order valence-corrected chi connectivity index (χ4v) is 3.47. The molecule has 1 saturated heterocycles. The Hall–Kier alpha value is -0.230. The summed E-state index contributed by atoms with van der Waals surface area (Å²) < 4.78 is 6.18. The number of hydrogen-bond donors (Lipinski definition) is 1. The van der Waals surface area contributed by atoms with Crippen LogP contribution in [0.4, 0.5) is 0 Å². The van der Waals surface area contributed by atoms with E-state index >= 15 is 0 Å². The van der Waals surface area contributed by atoms with E-state index in [0.717, 1.165) is 22.9 Å². The van der Waals surface area contributed by atoms with E-state index in [1.807, 2.05) is 10.8 Å². The fraction of sp³-hybridized carbons (Fsp3) is 0.545. The average Bonchev–Trinajstić information content (AvgIpc) is 2.75. The van der Waals surface area contributed by atoms with Gasteiger partial charge in [0.05, 0.1) is 5.41 Å². The second kappa shape index (κ2) is 4.96. The van der Waals surface area contributed by atoms with Crippen LogP contribution in [0, 0.1) is 5.41 Å². The second-order valence-electron chi connectivity index (χ2n) is 4.06. The third kappa shape index (κ3) is 2.09. The van der Waals surface area contributed by atoms with Gasteiger partial charge in [-0.2, -0.15) is 11.3 Å². The molecule has 1 aliphatic heterocycles. The minimum absolute atomic E-state index is 0.159. The molecule has 16 heavy (non-hydrogen) atoms. The molecule has 0 bridgehead atoms. The summed E-state index contributed by atoms with van der Waals surface area (Å²) in [5, 5.41) is 3.82. The third-order valence-electron chi connectivity index (χ3n) is 3.18. The topological polar surface area (TPSA) is 52.3 Å². The molecule has 2 heterocycles. The Kier molecular flexibility index (Phi) is 3.79. The molecule has 0 amide bonds.